The minimum atomic E-state index is 1.12. The average Bonchev–Trinajstić information content (AvgIpc) is 2.40. The molecule has 2 rings (SSSR count). The molecule has 0 aromatic heterocycles. The highest BCUT2D eigenvalue weighted by Crippen LogP contribution is 2.17. The molecule has 1 heterocycles. The molecule has 0 N–H and O–H groups in total. The van der Waals surface area contributed by atoms with Crippen LogP contribution in [0.1, 0.15) is 19.4 Å². The fraction of sp³-hybridized carbons (Fsp3) is 0.500. The van der Waals surface area contributed by atoms with Crippen LogP contribution in [-0.4, -0.2) is 37.6 Å². The summed E-state index contributed by atoms with van der Waals surface area (Å²) in [6.07, 6.45) is 2.21. The molecule has 1 saturated heterocycles. The fourth-order valence-corrected chi connectivity index (χ4v) is 2.36. The van der Waals surface area contributed by atoms with E-state index in [-0.39, 0.29) is 0 Å². The van der Waals surface area contributed by atoms with Gasteiger partial charge in [0.05, 0.1) is 0 Å². The molecule has 18 heavy (non-hydrogen) atoms. The predicted octanol–water partition coefficient (Wildman–Crippen LogP) is 3.08. The molecule has 1 aromatic carbocycles. The van der Waals surface area contributed by atoms with Gasteiger partial charge in [0.25, 0.3) is 0 Å². The van der Waals surface area contributed by atoms with E-state index in [1.165, 1.54) is 29.9 Å². The molecule has 0 amide bonds. The summed E-state index contributed by atoms with van der Waals surface area (Å²) in [5.41, 5.74) is 4.17. The SMILES string of the molecule is C/C=C(/C)CN1CCN(c2ccc(C)cc2)CC1. The van der Waals surface area contributed by atoms with Gasteiger partial charge in [0, 0.05) is 38.4 Å². The van der Waals surface area contributed by atoms with E-state index in [9.17, 15) is 0 Å². The van der Waals surface area contributed by atoms with E-state index in [0.29, 0.717) is 0 Å². The molecule has 0 bridgehead atoms. The van der Waals surface area contributed by atoms with Gasteiger partial charge in [-0.3, -0.25) is 4.90 Å². The second-order valence-electron chi connectivity index (χ2n) is 5.23. The van der Waals surface area contributed by atoms with Crippen molar-refractivity contribution in [1.29, 1.82) is 0 Å². The second-order valence-corrected chi connectivity index (χ2v) is 5.23. The van der Waals surface area contributed by atoms with Crippen molar-refractivity contribution in [1.82, 2.24) is 4.90 Å². The van der Waals surface area contributed by atoms with Gasteiger partial charge in [0.15, 0.2) is 0 Å². The Balaban J connectivity index is 1.88. The number of anilines is 1. The van der Waals surface area contributed by atoms with Crippen molar-refractivity contribution in [2.75, 3.05) is 37.6 Å². The lowest BCUT2D eigenvalue weighted by Gasteiger charge is -2.36. The van der Waals surface area contributed by atoms with Gasteiger partial charge in [-0.15, -0.1) is 0 Å². The maximum Gasteiger partial charge on any atom is 0.0367 e. The zero-order valence-electron chi connectivity index (χ0n) is 11.8. The first-order valence-electron chi connectivity index (χ1n) is 6.85. The third-order valence-electron chi connectivity index (χ3n) is 3.74. The quantitative estimate of drug-likeness (QED) is 0.754. The first-order chi connectivity index (χ1) is 8.69. The Labute approximate surface area is 111 Å². The summed E-state index contributed by atoms with van der Waals surface area (Å²) in [4.78, 5) is 5.03. The Morgan fingerprint density at radius 3 is 2.28 bits per heavy atom. The molecule has 0 aliphatic carbocycles. The van der Waals surface area contributed by atoms with Gasteiger partial charge in [-0.25, -0.2) is 0 Å². The maximum absolute atomic E-state index is 2.54. The number of benzene rings is 1. The van der Waals surface area contributed by atoms with Gasteiger partial charge < -0.3 is 4.90 Å². The summed E-state index contributed by atoms with van der Waals surface area (Å²) in [5.74, 6) is 0. The molecular formula is C16H24N2. The second kappa shape index (κ2) is 6.05. The Morgan fingerprint density at radius 2 is 1.72 bits per heavy atom. The topological polar surface area (TPSA) is 6.48 Å². The summed E-state index contributed by atoms with van der Waals surface area (Å²) in [7, 11) is 0. The summed E-state index contributed by atoms with van der Waals surface area (Å²) in [5, 5.41) is 0. The first kappa shape index (κ1) is 13.2. The van der Waals surface area contributed by atoms with Crippen LogP contribution in [0.3, 0.4) is 0 Å². The lowest BCUT2D eigenvalue weighted by Crippen LogP contribution is -2.46. The van der Waals surface area contributed by atoms with E-state index >= 15 is 0 Å². The van der Waals surface area contributed by atoms with Crippen molar-refractivity contribution in [2.45, 2.75) is 20.8 Å². The molecule has 2 heteroatoms. The van der Waals surface area contributed by atoms with Crippen LogP contribution in [0.2, 0.25) is 0 Å². The largest absolute Gasteiger partial charge is 0.369 e. The number of hydrogen-bond donors (Lipinski definition) is 0. The summed E-state index contributed by atoms with van der Waals surface area (Å²) in [6, 6.07) is 8.88. The maximum atomic E-state index is 2.54. The molecule has 0 spiro atoms. The molecule has 1 aromatic rings. The van der Waals surface area contributed by atoms with Gasteiger partial charge in [-0.2, -0.15) is 0 Å². The third kappa shape index (κ3) is 3.36. The van der Waals surface area contributed by atoms with Gasteiger partial charge in [0.1, 0.15) is 0 Å². The highest BCUT2D eigenvalue weighted by atomic mass is 15.3. The van der Waals surface area contributed by atoms with Crippen molar-refractivity contribution < 1.29 is 0 Å². The minimum absolute atomic E-state index is 1.12. The zero-order chi connectivity index (χ0) is 13.0. The molecular weight excluding hydrogens is 220 g/mol. The highest BCUT2D eigenvalue weighted by molar-refractivity contribution is 5.47. The summed E-state index contributed by atoms with van der Waals surface area (Å²) >= 11 is 0. The van der Waals surface area contributed by atoms with E-state index in [1.54, 1.807) is 0 Å². The average molecular weight is 244 g/mol. The summed E-state index contributed by atoms with van der Waals surface area (Å²) in [6.45, 7) is 12.2. The summed E-state index contributed by atoms with van der Waals surface area (Å²) < 4.78 is 0. The zero-order valence-corrected chi connectivity index (χ0v) is 11.8. The number of nitrogens with zero attached hydrogens (tertiary/aromatic N) is 2. The van der Waals surface area contributed by atoms with Crippen LogP contribution in [0.4, 0.5) is 5.69 Å². The van der Waals surface area contributed by atoms with Crippen molar-refractivity contribution in [3.05, 3.63) is 41.5 Å². The van der Waals surface area contributed by atoms with Crippen LogP contribution < -0.4 is 4.90 Å². The Hall–Kier alpha value is -1.28. The molecule has 0 radical (unpaired) electrons. The Morgan fingerprint density at radius 1 is 1.11 bits per heavy atom. The van der Waals surface area contributed by atoms with Crippen LogP contribution in [0.5, 0.6) is 0 Å². The van der Waals surface area contributed by atoms with Crippen molar-refractivity contribution in [2.24, 2.45) is 0 Å². The van der Waals surface area contributed by atoms with Gasteiger partial charge in [-0.05, 0) is 32.9 Å². The van der Waals surface area contributed by atoms with Gasteiger partial charge >= 0.3 is 0 Å². The lowest BCUT2D eigenvalue weighted by atomic mass is 10.2. The molecule has 0 atom stereocenters. The number of hydrogen-bond acceptors (Lipinski definition) is 2. The minimum Gasteiger partial charge on any atom is -0.369 e. The van der Waals surface area contributed by atoms with E-state index < -0.39 is 0 Å². The molecule has 0 saturated carbocycles. The van der Waals surface area contributed by atoms with Gasteiger partial charge in [-0.1, -0.05) is 29.3 Å². The Kier molecular flexibility index (Phi) is 4.43. The normalized spacial score (nSPS) is 18.2. The van der Waals surface area contributed by atoms with Crippen molar-refractivity contribution in [3.63, 3.8) is 0 Å². The molecule has 1 aliphatic heterocycles. The predicted molar refractivity (Wildman–Crippen MR) is 79.3 cm³/mol. The lowest BCUT2D eigenvalue weighted by molar-refractivity contribution is 0.278. The van der Waals surface area contributed by atoms with Crippen LogP contribution in [-0.2, 0) is 0 Å². The molecule has 0 unspecified atom stereocenters. The van der Waals surface area contributed by atoms with Crippen LogP contribution in [0.15, 0.2) is 35.9 Å². The number of allylic oxidation sites excluding steroid dienone is 1. The van der Waals surface area contributed by atoms with E-state index in [2.05, 4.69) is 60.9 Å². The van der Waals surface area contributed by atoms with Crippen LogP contribution in [0.25, 0.3) is 0 Å². The third-order valence-corrected chi connectivity index (χ3v) is 3.74. The molecule has 1 fully saturated rings. The highest BCUT2D eigenvalue weighted by Gasteiger charge is 2.16. The fourth-order valence-electron chi connectivity index (χ4n) is 2.36. The van der Waals surface area contributed by atoms with Crippen LogP contribution in [0, 0.1) is 6.92 Å². The van der Waals surface area contributed by atoms with E-state index in [1.807, 2.05) is 0 Å². The standard InChI is InChI=1S/C16H24N2/c1-4-14(2)13-17-9-11-18(12-10-17)16-7-5-15(3)6-8-16/h4-8H,9-13H2,1-3H3/b14-4-. The van der Waals surface area contributed by atoms with E-state index in [4.69, 9.17) is 0 Å². The monoisotopic (exact) mass is 244 g/mol. The van der Waals surface area contributed by atoms with E-state index in [0.717, 1.165) is 19.6 Å². The van der Waals surface area contributed by atoms with Crippen LogP contribution >= 0.6 is 0 Å². The first-order valence-corrected chi connectivity index (χ1v) is 6.85. The smallest absolute Gasteiger partial charge is 0.0367 e. The number of rotatable bonds is 3. The molecule has 1 aliphatic rings. The van der Waals surface area contributed by atoms with Crippen molar-refractivity contribution in [3.8, 4) is 0 Å². The molecule has 98 valence electrons. The number of aryl methyl sites for hydroxylation is 1. The number of piperazine rings is 1. The van der Waals surface area contributed by atoms with Crippen molar-refractivity contribution >= 4 is 5.69 Å². The molecule has 2 nitrogen and oxygen atoms in total. The van der Waals surface area contributed by atoms with Gasteiger partial charge in [0.2, 0.25) is 0 Å². The Bertz CT molecular complexity index is 398.